The quantitative estimate of drug-likeness (QED) is 0.564. The van der Waals surface area contributed by atoms with Crippen molar-refractivity contribution in [1.29, 1.82) is 0 Å². The molecule has 3 amide bonds. The largest absolute Gasteiger partial charge is 0.381 e. The molecule has 98 valence electrons. The van der Waals surface area contributed by atoms with Gasteiger partial charge in [0.2, 0.25) is 5.91 Å². The summed E-state index contributed by atoms with van der Waals surface area (Å²) in [6.07, 6.45) is 1.85. The highest BCUT2D eigenvalue weighted by molar-refractivity contribution is 5.94. The van der Waals surface area contributed by atoms with Crippen LogP contribution in [0.4, 0.5) is 4.79 Å². The fourth-order valence-corrected chi connectivity index (χ4v) is 2.09. The number of methoxy groups -OCH3 is 1. The Morgan fingerprint density at radius 1 is 1.53 bits per heavy atom. The lowest BCUT2D eigenvalue weighted by Gasteiger charge is -2.37. The molecule has 17 heavy (non-hydrogen) atoms. The second-order valence-electron chi connectivity index (χ2n) is 4.15. The van der Waals surface area contributed by atoms with Gasteiger partial charge >= 0.3 is 6.03 Å². The summed E-state index contributed by atoms with van der Waals surface area (Å²) in [7, 11) is 1.67. The van der Waals surface area contributed by atoms with Crippen LogP contribution in [0.5, 0.6) is 0 Å². The van der Waals surface area contributed by atoms with Crippen molar-refractivity contribution in [2.75, 3.05) is 26.7 Å². The first kappa shape index (κ1) is 13.9. The molecule has 7 heteroatoms. The van der Waals surface area contributed by atoms with Crippen LogP contribution in [0.2, 0.25) is 0 Å². The lowest BCUT2D eigenvalue weighted by atomic mass is 9.99. The molecule has 2 atom stereocenters. The summed E-state index contributed by atoms with van der Waals surface area (Å²) in [6, 6.07) is -0.724. The van der Waals surface area contributed by atoms with E-state index in [2.05, 4.69) is 0 Å². The second-order valence-corrected chi connectivity index (χ2v) is 4.15. The van der Waals surface area contributed by atoms with Gasteiger partial charge in [-0.25, -0.2) is 4.79 Å². The molecule has 0 spiro atoms. The maximum absolute atomic E-state index is 11.4. The average molecular weight is 244 g/mol. The van der Waals surface area contributed by atoms with Crippen molar-refractivity contribution in [3.8, 4) is 0 Å². The number of urea groups is 1. The molecule has 0 aliphatic carbocycles. The molecule has 1 fully saturated rings. The Bertz CT molecular complexity index is 285. The number of nitrogens with two attached hydrogens (primary N) is 2. The van der Waals surface area contributed by atoms with Gasteiger partial charge in [0.15, 0.2) is 0 Å². The minimum atomic E-state index is -0.828. The molecular weight excluding hydrogens is 224 g/mol. The van der Waals surface area contributed by atoms with Gasteiger partial charge in [-0.3, -0.25) is 15.0 Å². The molecule has 0 aromatic heterocycles. The van der Waals surface area contributed by atoms with Gasteiger partial charge in [0.05, 0.1) is 12.6 Å². The Labute approximate surface area is 100 Å². The number of imide groups is 1. The number of likely N-dealkylation sites (tertiary alicyclic amines) is 1. The van der Waals surface area contributed by atoms with E-state index in [0.29, 0.717) is 6.54 Å². The lowest BCUT2D eigenvalue weighted by Crippen LogP contribution is -2.52. The third-order valence-corrected chi connectivity index (χ3v) is 3.00. The summed E-state index contributed by atoms with van der Waals surface area (Å²) in [4.78, 5) is 23.9. The number of carbonyl (C=O) groups excluding carboxylic acids is 2. The van der Waals surface area contributed by atoms with E-state index in [0.717, 1.165) is 19.4 Å². The predicted octanol–water partition coefficient (Wildman–Crippen LogP) is -1.38. The molecule has 0 bridgehead atoms. The molecular formula is C10H20N4O3. The van der Waals surface area contributed by atoms with Crippen molar-refractivity contribution in [1.82, 2.24) is 10.2 Å². The second kappa shape index (κ2) is 6.53. The van der Waals surface area contributed by atoms with Crippen LogP contribution in [0, 0.1) is 0 Å². The highest BCUT2D eigenvalue weighted by Gasteiger charge is 2.28. The number of ether oxygens (including phenoxy) is 1. The van der Waals surface area contributed by atoms with Crippen molar-refractivity contribution >= 4 is 11.9 Å². The van der Waals surface area contributed by atoms with Gasteiger partial charge in [-0.1, -0.05) is 0 Å². The fraction of sp³-hybridized carbons (Fsp3) is 0.800. The number of primary amides is 1. The zero-order valence-electron chi connectivity index (χ0n) is 10.0. The lowest BCUT2D eigenvalue weighted by molar-refractivity contribution is -0.122. The maximum Gasteiger partial charge on any atom is 0.318 e. The molecule has 1 saturated heterocycles. The molecule has 1 aliphatic rings. The van der Waals surface area contributed by atoms with Crippen LogP contribution in [-0.2, 0) is 9.53 Å². The Hall–Kier alpha value is -1.18. The van der Waals surface area contributed by atoms with Crippen LogP contribution in [0.15, 0.2) is 0 Å². The number of nitrogens with zero attached hydrogens (tertiary/aromatic N) is 1. The van der Waals surface area contributed by atoms with Gasteiger partial charge < -0.3 is 16.2 Å². The molecule has 0 aromatic carbocycles. The van der Waals surface area contributed by atoms with Crippen LogP contribution in [0.25, 0.3) is 0 Å². The molecule has 1 rings (SSSR count). The highest BCUT2D eigenvalue weighted by Crippen LogP contribution is 2.18. The van der Waals surface area contributed by atoms with Crippen molar-refractivity contribution < 1.29 is 14.3 Å². The van der Waals surface area contributed by atoms with Crippen LogP contribution in [0.3, 0.4) is 0 Å². The predicted molar refractivity (Wildman–Crippen MR) is 62.2 cm³/mol. The van der Waals surface area contributed by atoms with E-state index in [4.69, 9.17) is 16.2 Å². The molecule has 0 aromatic rings. The summed E-state index contributed by atoms with van der Waals surface area (Å²) >= 11 is 0. The van der Waals surface area contributed by atoms with Crippen molar-refractivity contribution in [2.24, 2.45) is 11.5 Å². The van der Waals surface area contributed by atoms with Crippen molar-refractivity contribution in [3.63, 3.8) is 0 Å². The summed E-state index contributed by atoms with van der Waals surface area (Å²) in [5.74, 6) is -0.396. The third kappa shape index (κ3) is 4.29. The number of amides is 3. The summed E-state index contributed by atoms with van der Waals surface area (Å²) in [5, 5.41) is 2.05. The Kier molecular flexibility index (Phi) is 5.33. The van der Waals surface area contributed by atoms with Crippen LogP contribution >= 0.6 is 0 Å². The van der Waals surface area contributed by atoms with Crippen LogP contribution < -0.4 is 16.8 Å². The van der Waals surface area contributed by atoms with Crippen molar-refractivity contribution in [3.05, 3.63) is 0 Å². The number of hydrogen-bond acceptors (Lipinski definition) is 5. The molecule has 7 nitrogen and oxygen atoms in total. The molecule has 5 N–H and O–H groups in total. The van der Waals surface area contributed by atoms with Gasteiger partial charge in [0.1, 0.15) is 0 Å². The average Bonchev–Trinajstić information content (AvgIpc) is 2.28. The molecule has 0 radical (unpaired) electrons. The summed E-state index contributed by atoms with van der Waals surface area (Å²) in [6.45, 7) is 1.33. The first-order chi connectivity index (χ1) is 8.06. The van der Waals surface area contributed by atoms with Gasteiger partial charge in [0, 0.05) is 26.2 Å². The van der Waals surface area contributed by atoms with Gasteiger partial charge in [0.25, 0.3) is 0 Å². The van der Waals surface area contributed by atoms with E-state index in [1.165, 1.54) is 0 Å². The molecule has 1 heterocycles. The molecule has 1 aliphatic heterocycles. The normalized spacial score (nSPS) is 25.5. The standard InChI is InChI=1S/C10H20N4O3/c1-17-8-2-3-14(7(4-8)5-11)6-9(15)13-10(12)16/h7-8H,2-6,11H2,1H3,(H3,12,13,15,16). The number of hydrogen-bond donors (Lipinski definition) is 3. The van der Waals surface area contributed by atoms with E-state index in [9.17, 15) is 9.59 Å². The SMILES string of the molecule is COC1CCN(CC(=O)NC(N)=O)C(CN)C1. The van der Waals surface area contributed by atoms with Crippen molar-refractivity contribution in [2.45, 2.75) is 25.0 Å². The highest BCUT2D eigenvalue weighted by atomic mass is 16.5. The topological polar surface area (TPSA) is 111 Å². The fourth-order valence-electron chi connectivity index (χ4n) is 2.09. The van der Waals surface area contributed by atoms with E-state index in [1.807, 2.05) is 10.2 Å². The van der Waals surface area contributed by atoms with E-state index in [-0.39, 0.29) is 18.7 Å². The number of carbonyl (C=O) groups is 2. The Morgan fingerprint density at radius 2 is 2.24 bits per heavy atom. The summed E-state index contributed by atoms with van der Waals surface area (Å²) < 4.78 is 5.28. The van der Waals surface area contributed by atoms with E-state index < -0.39 is 11.9 Å². The van der Waals surface area contributed by atoms with Crippen LogP contribution in [0.1, 0.15) is 12.8 Å². The maximum atomic E-state index is 11.4. The number of nitrogens with one attached hydrogen (secondary N) is 1. The first-order valence-electron chi connectivity index (χ1n) is 5.63. The Morgan fingerprint density at radius 3 is 2.76 bits per heavy atom. The first-order valence-corrected chi connectivity index (χ1v) is 5.63. The Balaban J connectivity index is 2.47. The van der Waals surface area contributed by atoms with Gasteiger partial charge in [-0.05, 0) is 12.8 Å². The monoisotopic (exact) mass is 244 g/mol. The molecule has 2 unspecified atom stereocenters. The van der Waals surface area contributed by atoms with Gasteiger partial charge in [-0.15, -0.1) is 0 Å². The number of rotatable bonds is 4. The van der Waals surface area contributed by atoms with Gasteiger partial charge in [-0.2, -0.15) is 0 Å². The zero-order chi connectivity index (χ0) is 12.8. The van der Waals surface area contributed by atoms with E-state index >= 15 is 0 Å². The minimum absolute atomic E-state index is 0.104. The third-order valence-electron chi connectivity index (χ3n) is 3.00. The van der Waals surface area contributed by atoms with Crippen LogP contribution in [-0.4, -0.2) is 55.7 Å². The smallest absolute Gasteiger partial charge is 0.318 e. The summed E-state index contributed by atoms with van der Waals surface area (Å²) in [5.41, 5.74) is 10.5. The number of piperidine rings is 1. The zero-order valence-corrected chi connectivity index (χ0v) is 10.0. The van der Waals surface area contributed by atoms with E-state index in [1.54, 1.807) is 7.11 Å². The molecule has 0 saturated carbocycles. The minimum Gasteiger partial charge on any atom is -0.381 e.